The van der Waals surface area contributed by atoms with Crippen molar-refractivity contribution in [2.75, 3.05) is 35.3 Å². The van der Waals surface area contributed by atoms with Gasteiger partial charge in [-0.2, -0.15) is 0 Å². The Kier molecular flexibility index (Phi) is 4.46. The minimum absolute atomic E-state index is 0.0195. The summed E-state index contributed by atoms with van der Waals surface area (Å²) in [6.45, 7) is 1.63. The van der Waals surface area contributed by atoms with Crippen molar-refractivity contribution >= 4 is 23.4 Å². The maximum Gasteiger partial charge on any atom is 0.329 e. The van der Waals surface area contributed by atoms with Crippen molar-refractivity contribution in [3.63, 3.8) is 0 Å². The lowest BCUT2D eigenvalue weighted by Crippen LogP contribution is -2.48. The van der Waals surface area contributed by atoms with E-state index >= 15 is 0 Å². The number of nitrogens with one attached hydrogen (secondary N) is 1. The molecule has 7 nitrogen and oxygen atoms in total. The van der Waals surface area contributed by atoms with Gasteiger partial charge in [-0.15, -0.1) is 0 Å². The number of carbonyl (C=O) groups is 1. The van der Waals surface area contributed by atoms with E-state index in [9.17, 15) is 9.18 Å². The molecule has 2 aromatic heterocycles. The topological polar surface area (TPSA) is 70.6 Å². The lowest BCUT2D eigenvalue weighted by molar-refractivity contribution is 0.254. The van der Waals surface area contributed by atoms with Gasteiger partial charge in [0.2, 0.25) is 0 Å². The highest BCUT2D eigenvalue weighted by atomic mass is 19.1. The zero-order chi connectivity index (χ0) is 20.7. The molecular formula is C22H20FN5O2. The number of carbonyl (C=O) groups excluding carboxylic acids is 1. The van der Waals surface area contributed by atoms with E-state index in [-0.39, 0.29) is 12.1 Å². The predicted molar refractivity (Wildman–Crippen MR) is 113 cm³/mol. The number of benzene rings is 1. The molecular weight excluding hydrogens is 385 g/mol. The zero-order valence-electron chi connectivity index (χ0n) is 16.4. The summed E-state index contributed by atoms with van der Waals surface area (Å²) in [6.07, 6.45) is 1.94. The molecule has 2 aliphatic heterocycles. The number of pyridine rings is 2. The third-order valence-corrected chi connectivity index (χ3v) is 5.50. The number of amides is 2. The molecule has 3 aromatic rings. The van der Waals surface area contributed by atoms with Crippen molar-refractivity contribution in [1.82, 2.24) is 9.97 Å². The zero-order valence-corrected chi connectivity index (χ0v) is 16.4. The van der Waals surface area contributed by atoms with Gasteiger partial charge in [0.05, 0.1) is 30.7 Å². The molecule has 2 amide bonds. The smallest absolute Gasteiger partial charge is 0.329 e. The summed E-state index contributed by atoms with van der Waals surface area (Å²) in [7, 11) is 1.62. The standard InChI is InChI=1S/C22H20FN5O2/c1-30-17-4-2-3-14(11-17)18-6-7-19-21(25-18)28(16-9-10-27(19)13-16)22(29)26-20-8-5-15(23)12-24-20/h2-8,11-12,16H,9-10,13H2,1H3,(H,24,26,29). The van der Waals surface area contributed by atoms with Crippen molar-refractivity contribution in [2.24, 2.45) is 0 Å². The molecule has 0 aliphatic carbocycles. The SMILES string of the molecule is COc1cccc(-c2ccc3c(n2)N(C(=O)Nc2ccc(F)cn2)C2CCN3C2)c1. The van der Waals surface area contributed by atoms with Gasteiger partial charge < -0.3 is 9.64 Å². The molecule has 0 radical (unpaired) electrons. The van der Waals surface area contributed by atoms with Gasteiger partial charge in [-0.25, -0.2) is 19.2 Å². The Morgan fingerprint density at radius 1 is 1.23 bits per heavy atom. The molecule has 2 bridgehead atoms. The highest BCUT2D eigenvalue weighted by Crippen LogP contribution is 2.40. The van der Waals surface area contributed by atoms with Crippen LogP contribution in [-0.2, 0) is 0 Å². The molecule has 1 N–H and O–H groups in total. The molecule has 152 valence electrons. The lowest BCUT2D eigenvalue weighted by Gasteiger charge is -2.35. The van der Waals surface area contributed by atoms with E-state index in [0.717, 1.165) is 48.4 Å². The Bertz CT molecular complexity index is 1100. The van der Waals surface area contributed by atoms with Crippen molar-refractivity contribution in [3.05, 3.63) is 60.5 Å². The number of urea groups is 1. The highest BCUT2D eigenvalue weighted by Gasteiger charge is 2.40. The normalized spacial score (nSPS) is 16.9. The maximum atomic E-state index is 13.2. The molecule has 1 fully saturated rings. The van der Waals surface area contributed by atoms with E-state index in [0.29, 0.717) is 11.6 Å². The molecule has 0 saturated carbocycles. The van der Waals surface area contributed by atoms with Gasteiger partial charge in [-0.1, -0.05) is 12.1 Å². The Morgan fingerprint density at radius 2 is 2.13 bits per heavy atom. The van der Waals surface area contributed by atoms with Crippen molar-refractivity contribution in [1.29, 1.82) is 0 Å². The first-order chi connectivity index (χ1) is 14.6. The molecule has 4 heterocycles. The third-order valence-electron chi connectivity index (χ3n) is 5.50. The summed E-state index contributed by atoms with van der Waals surface area (Å²) in [4.78, 5) is 25.9. The van der Waals surface area contributed by atoms with Crippen LogP contribution >= 0.6 is 0 Å². The summed E-state index contributed by atoms with van der Waals surface area (Å²) in [5.74, 6) is 1.20. The van der Waals surface area contributed by atoms with Crippen LogP contribution in [-0.4, -0.2) is 42.2 Å². The molecule has 8 heteroatoms. The van der Waals surface area contributed by atoms with E-state index in [1.807, 2.05) is 36.4 Å². The van der Waals surface area contributed by atoms with Crippen LogP contribution in [0.2, 0.25) is 0 Å². The number of aromatic nitrogens is 2. The van der Waals surface area contributed by atoms with E-state index in [4.69, 9.17) is 9.72 Å². The number of halogens is 1. The lowest BCUT2D eigenvalue weighted by atomic mass is 10.1. The Balaban J connectivity index is 1.52. The van der Waals surface area contributed by atoms with Crippen molar-refractivity contribution < 1.29 is 13.9 Å². The van der Waals surface area contributed by atoms with Crippen LogP contribution in [0.1, 0.15) is 6.42 Å². The summed E-state index contributed by atoms with van der Waals surface area (Å²) >= 11 is 0. The van der Waals surface area contributed by atoms with Crippen LogP contribution in [0.3, 0.4) is 0 Å². The second-order valence-corrected chi connectivity index (χ2v) is 7.32. The third kappa shape index (κ3) is 3.20. The van der Waals surface area contributed by atoms with Crippen LogP contribution in [0.4, 0.5) is 26.5 Å². The van der Waals surface area contributed by atoms with Gasteiger partial charge in [-0.05, 0) is 42.8 Å². The number of methoxy groups -OCH3 is 1. The number of rotatable bonds is 3. The summed E-state index contributed by atoms with van der Waals surface area (Å²) in [5.41, 5.74) is 2.59. The van der Waals surface area contributed by atoms with Gasteiger partial charge >= 0.3 is 6.03 Å². The van der Waals surface area contributed by atoms with Gasteiger partial charge in [0.25, 0.3) is 0 Å². The second kappa shape index (κ2) is 7.29. The van der Waals surface area contributed by atoms with Crippen molar-refractivity contribution in [3.8, 4) is 17.0 Å². The Labute approximate surface area is 173 Å². The summed E-state index contributed by atoms with van der Waals surface area (Å²) in [5, 5.41) is 2.77. The quantitative estimate of drug-likeness (QED) is 0.715. The van der Waals surface area contributed by atoms with Gasteiger partial charge in [0.15, 0.2) is 5.82 Å². The van der Waals surface area contributed by atoms with Crippen LogP contribution < -0.4 is 19.9 Å². The summed E-state index contributed by atoms with van der Waals surface area (Å²) < 4.78 is 18.5. The number of fused-ring (bicyclic) bond motifs is 4. The molecule has 30 heavy (non-hydrogen) atoms. The minimum atomic E-state index is -0.452. The summed E-state index contributed by atoms with van der Waals surface area (Å²) in [6, 6.07) is 14.0. The van der Waals surface area contributed by atoms with E-state index < -0.39 is 5.82 Å². The van der Waals surface area contributed by atoms with Crippen LogP contribution in [0.15, 0.2) is 54.7 Å². The van der Waals surface area contributed by atoms with E-state index in [1.54, 1.807) is 12.0 Å². The molecule has 1 unspecified atom stereocenters. The number of hydrogen-bond acceptors (Lipinski definition) is 5. The minimum Gasteiger partial charge on any atom is -0.497 e. The molecule has 1 atom stereocenters. The first kappa shape index (κ1) is 18.4. The van der Waals surface area contributed by atoms with Gasteiger partial charge in [0.1, 0.15) is 17.4 Å². The van der Waals surface area contributed by atoms with Crippen LogP contribution in [0.25, 0.3) is 11.3 Å². The van der Waals surface area contributed by atoms with E-state index in [1.165, 1.54) is 12.1 Å². The van der Waals surface area contributed by atoms with E-state index in [2.05, 4.69) is 15.2 Å². The highest BCUT2D eigenvalue weighted by molar-refractivity contribution is 6.04. The molecule has 0 spiro atoms. The average molecular weight is 405 g/mol. The number of anilines is 3. The average Bonchev–Trinajstić information content (AvgIpc) is 3.19. The maximum absolute atomic E-state index is 13.2. The molecule has 1 saturated heterocycles. The fourth-order valence-corrected chi connectivity index (χ4v) is 4.03. The van der Waals surface area contributed by atoms with Gasteiger partial charge in [-0.3, -0.25) is 10.2 Å². The second-order valence-electron chi connectivity index (χ2n) is 7.32. The number of hydrogen-bond donors (Lipinski definition) is 1. The largest absolute Gasteiger partial charge is 0.497 e. The fourth-order valence-electron chi connectivity index (χ4n) is 4.03. The number of ether oxygens (including phenoxy) is 1. The molecule has 1 aromatic carbocycles. The van der Waals surface area contributed by atoms with Crippen LogP contribution in [0, 0.1) is 5.82 Å². The Hall–Kier alpha value is -3.68. The first-order valence-corrected chi connectivity index (χ1v) is 9.74. The van der Waals surface area contributed by atoms with Crippen molar-refractivity contribution in [2.45, 2.75) is 12.5 Å². The number of nitrogens with zero attached hydrogens (tertiary/aromatic N) is 4. The van der Waals surface area contributed by atoms with Crippen LogP contribution in [0.5, 0.6) is 5.75 Å². The Morgan fingerprint density at radius 3 is 2.93 bits per heavy atom. The molecule has 5 rings (SSSR count). The first-order valence-electron chi connectivity index (χ1n) is 9.74. The fraction of sp³-hybridized carbons (Fsp3) is 0.227. The predicted octanol–water partition coefficient (Wildman–Crippen LogP) is 3.92. The monoisotopic (exact) mass is 405 g/mol. The van der Waals surface area contributed by atoms with Gasteiger partial charge in [0, 0.05) is 18.7 Å². The molecule has 2 aliphatic rings.